The van der Waals surface area contributed by atoms with Crippen molar-refractivity contribution >= 4 is 27.4 Å². The van der Waals surface area contributed by atoms with Crippen molar-refractivity contribution in [2.24, 2.45) is 17.0 Å². The van der Waals surface area contributed by atoms with Crippen LogP contribution in [0, 0.1) is 11.8 Å². The Morgan fingerprint density at radius 3 is 2.91 bits per heavy atom. The third kappa shape index (κ3) is 6.54. The van der Waals surface area contributed by atoms with Gasteiger partial charge in [0.25, 0.3) is 0 Å². The fourth-order valence-corrected chi connectivity index (χ4v) is 6.00. The molecule has 0 bridgehead atoms. The third-order valence-electron chi connectivity index (χ3n) is 6.42. The topological polar surface area (TPSA) is 132 Å². The molecule has 1 saturated carbocycles. The number of rotatable bonds is 9. The highest BCUT2D eigenvalue weighted by Crippen LogP contribution is 2.34. The first-order valence-corrected chi connectivity index (χ1v) is 13.6. The summed E-state index contributed by atoms with van der Waals surface area (Å²) in [6.45, 7) is -0.152. The molecule has 0 radical (unpaired) electrons. The van der Waals surface area contributed by atoms with Gasteiger partial charge in [-0.1, -0.05) is 11.6 Å². The standard InChI is InChI=1S/C23H29N3O5S2/c24-33(29,30)31-12-18-7-16(9-21(18)27)8-20-19(11-25-14-26-20)23(28)22-10-17(13-32-22)6-15-4-2-1-3-5-15/h4,10-11,13-14,16,18,21,27H,1-3,5-9,12H2,(H2,24,29,30)/t16-,18+,21-/m0/s1. The number of carbonyl (C=O) groups is 1. The van der Waals surface area contributed by atoms with E-state index < -0.39 is 16.4 Å². The van der Waals surface area contributed by atoms with Crippen molar-refractivity contribution < 1.29 is 22.5 Å². The van der Waals surface area contributed by atoms with E-state index in [2.05, 4.69) is 25.6 Å². The van der Waals surface area contributed by atoms with E-state index in [4.69, 9.17) is 5.14 Å². The quantitative estimate of drug-likeness (QED) is 0.407. The van der Waals surface area contributed by atoms with Crippen LogP contribution < -0.4 is 5.14 Å². The van der Waals surface area contributed by atoms with E-state index in [0.29, 0.717) is 35.4 Å². The van der Waals surface area contributed by atoms with Gasteiger partial charge in [-0.25, -0.2) is 15.1 Å². The Kier molecular flexibility index (Phi) is 7.70. The van der Waals surface area contributed by atoms with Gasteiger partial charge in [0.15, 0.2) is 0 Å². The Labute approximate surface area is 198 Å². The molecule has 0 aliphatic heterocycles. The molecular weight excluding hydrogens is 462 g/mol. The van der Waals surface area contributed by atoms with Gasteiger partial charge in [-0.15, -0.1) is 11.3 Å². The monoisotopic (exact) mass is 491 g/mol. The first-order valence-electron chi connectivity index (χ1n) is 11.2. The fraction of sp³-hybridized carbons (Fsp3) is 0.522. The third-order valence-corrected chi connectivity index (χ3v) is 7.86. The molecule has 2 heterocycles. The number of nitrogens with zero attached hydrogens (tertiary/aromatic N) is 2. The van der Waals surface area contributed by atoms with E-state index in [9.17, 15) is 18.3 Å². The van der Waals surface area contributed by atoms with Crippen molar-refractivity contribution in [1.82, 2.24) is 9.97 Å². The molecule has 8 nitrogen and oxygen atoms in total. The first-order chi connectivity index (χ1) is 15.8. The molecule has 0 aromatic carbocycles. The maximum absolute atomic E-state index is 13.3. The number of ketones is 1. The molecular formula is C23H29N3O5S2. The van der Waals surface area contributed by atoms with Crippen molar-refractivity contribution in [1.29, 1.82) is 0 Å². The largest absolute Gasteiger partial charge is 0.393 e. The lowest BCUT2D eigenvalue weighted by molar-refractivity contribution is 0.100. The van der Waals surface area contributed by atoms with Gasteiger partial charge in [0.1, 0.15) is 6.33 Å². The van der Waals surface area contributed by atoms with Crippen LogP contribution in [0.15, 0.2) is 35.6 Å². The average molecular weight is 492 g/mol. The van der Waals surface area contributed by atoms with E-state index in [0.717, 1.165) is 24.8 Å². The van der Waals surface area contributed by atoms with Crippen LogP contribution in [-0.4, -0.2) is 42.0 Å². The van der Waals surface area contributed by atoms with Crippen molar-refractivity contribution in [2.75, 3.05) is 6.61 Å². The zero-order chi connectivity index (χ0) is 23.4. The molecule has 2 aliphatic carbocycles. The zero-order valence-corrected chi connectivity index (χ0v) is 20.0. The second-order valence-electron chi connectivity index (χ2n) is 8.96. The summed E-state index contributed by atoms with van der Waals surface area (Å²) in [6, 6.07) is 1.97. The zero-order valence-electron chi connectivity index (χ0n) is 18.4. The maximum Gasteiger partial charge on any atom is 0.333 e. The number of nitrogens with two attached hydrogens (primary N) is 1. The van der Waals surface area contributed by atoms with E-state index >= 15 is 0 Å². The van der Waals surface area contributed by atoms with Gasteiger partial charge in [0.2, 0.25) is 5.78 Å². The molecule has 3 atom stereocenters. The molecule has 0 amide bonds. The molecule has 0 spiro atoms. The number of carbonyl (C=O) groups excluding carboxylic acids is 1. The average Bonchev–Trinajstić information content (AvgIpc) is 3.38. The number of allylic oxidation sites excluding steroid dienone is 2. The van der Waals surface area contributed by atoms with Gasteiger partial charge in [0.05, 0.1) is 28.8 Å². The van der Waals surface area contributed by atoms with Crippen LogP contribution in [0.1, 0.15) is 65.0 Å². The summed E-state index contributed by atoms with van der Waals surface area (Å²) >= 11 is 1.44. The second-order valence-corrected chi connectivity index (χ2v) is 11.1. The van der Waals surface area contributed by atoms with E-state index in [1.165, 1.54) is 36.1 Å². The van der Waals surface area contributed by atoms with Crippen molar-refractivity contribution in [3.05, 3.63) is 57.3 Å². The lowest BCUT2D eigenvalue weighted by Gasteiger charge is -2.13. The first kappa shape index (κ1) is 24.2. The minimum Gasteiger partial charge on any atom is -0.393 e. The molecule has 1 fully saturated rings. The molecule has 0 unspecified atom stereocenters. The van der Waals surface area contributed by atoms with Crippen LogP contribution in [0.25, 0.3) is 0 Å². The lowest BCUT2D eigenvalue weighted by Crippen LogP contribution is -2.24. The van der Waals surface area contributed by atoms with Gasteiger partial charge in [0, 0.05) is 12.1 Å². The second kappa shape index (κ2) is 10.5. The summed E-state index contributed by atoms with van der Waals surface area (Å²) < 4.78 is 26.8. The Bertz CT molecular complexity index is 1130. The number of aromatic nitrogens is 2. The molecule has 3 N–H and O–H groups in total. The Balaban J connectivity index is 1.42. The van der Waals surface area contributed by atoms with Crippen LogP contribution in [0.5, 0.6) is 0 Å². The summed E-state index contributed by atoms with van der Waals surface area (Å²) in [6.07, 6.45) is 11.8. The van der Waals surface area contributed by atoms with Crippen LogP contribution in [0.2, 0.25) is 0 Å². The minimum atomic E-state index is -4.05. The van der Waals surface area contributed by atoms with Crippen LogP contribution in [-0.2, 0) is 27.3 Å². The molecule has 178 valence electrons. The smallest absolute Gasteiger partial charge is 0.333 e. The number of hydrogen-bond acceptors (Lipinski definition) is 8. The molecule has 33 heavy (non-hydrogen) atoms. The summed E-state index contributed by atoms with van der Waals surface area (Å²) in [5, 5.41) is 17.3. The van der Waals surface area contributed by atoms with Crippen LogP contribution >= 0.6 is 11.3 Å². The normalized spacial score (nSPS) is 23.5. The Morgan fingerprint density at radius 2 is 2.15 bits per heavy atom. The Morgan fingerprint density at radius 1 is 1.30 bits per heavy atom. The van der Waals surface area contributed by atoms with E-state index in [1.54, 1.807) is 6.20 Å². The van der Waals surface area contributed by atoms with Gasteiger partial charge < -0.3 is 5.11 Å². The lowest BCUT2D eigenvalue weighted by atomic mass is 9.94. The predicted octanol–water partition coefficient (Wildman–Crippen LogP) is 2.96. The van der Waals surface area contributed by atoms with Gasteiger partial charge >= 0.3 is 10.3 Å². The molecule has 2 aromatic rings. The predicted molar refractivity (Wildman–Crippen MR) is 125 cm³/mol. The summed E-state index contributed by atoms with van der Waals surface area (Å²) in [5.74, 6) is -0.372. The number of aliphatic hydroxyl groups is 1. The summed E-state index contributed by atoms with van der Waals surface area (Å²) in [4.78, 5) is 22.3. The summed E-state index contributed by atoms with van der Waals surface area (Å²) in [7, 11) is -4.05. The van der Waals surface area contributed by atoms with Crippen molar-refractivity contribution in [2.45, 2.75) is 57.5 Å². The molecule has 10 heteroatoms. The number of aliphatic hydroxyl groups excluding tert-OH is 1. The number of thiophene rings is 1. The van der Waals surface area contributed by atoms with Crippen LogP contribution in [0.3, 0.4) is 0 Å². The highest BCUT2D eigenvalue weighted by molar-refractivity contribution is 7.84. The van der Waals surface area contributed by atoms with E-state index in [-0.39, 0.29) is 24.2 Å². The minimum absolute atomic E-state index is 0.0488. The van der Waals surface area contributed by atoms with Gasteiger partial charge in [-0.3, -0.25) is 8.98 Å². The SMILES string of the molecule is NS(=O)(=O)OC[C@H]1C[C@@H](Cc2ncncc2C(=O)c2cc(CC3=CCCCC3)cs2)C[C@@H]1O. The Hall–Kier alpha value is -1.98. The van der Waals surface area contributed by atoms with Gasteiger partial charge in [-0.05, 0) is 74.3 Å². The van der Waals surface area contributed by atoms with Crippen LogP contribution in [0.4, 0.5) is 0 Å². The highest BCUT2D eigenvalue weighted by Gasteiger charge is 2.35. The fourth-order valence-electron chi connectivity index (χ4n) is 4.77. The summed E-state index contributed by atoms with van der Waals surface area (Å²) in [5.41, 5.74) is 3.72. The molecule has 4 rings (SSSR count). The molecule has 2 aliphatic rings. The van der Waals surface area contributed by atoms with Crippen molar-refractivity contribution in [3.8, 4) is 0 Å². The van der Waals surface area contributed by atoms with Crippen molar-refractivity contribution in [3.63, 3.8) is 0 Å². The van der Waals surface area contributed by atoms with Gasteiger partial charge in [-0.2, -0.15) is 8.42 Å². The molecule has 0 saturated heterocycles. The highest BCUT2D eigenvalue weighted by atomic mass is 32.2. The molecule has 2 aromatic heterocycles. The van der Waals surface area contributed by atoms with E-state index in [1.807, 2.05) is 6.07 Å². The number of hydrogen-bond donors (Lipinski definition) is 2. The maximum atomic E-state index is 13.3.